The zero-order chi connectivity index (χ0) is 19.1. The Bertz CT molecular complexity index is 395. The van der Waals surface area contributed by atoms with Crippen LogP contribution in [0.1, 0.15) is 68.7 Å². The van der Waals surface area contributed by atoms with Crippen molar-refractivity contribution in [1.29, 1.82) is 0 Å². The van der Waals surface area contributed by atoms with E-state index in [1.165, 1.54) is 0 Å². The van der Waals surface area contributed by atoms with Gasteiger partial charge in [-0.1, -0.05) is 34.6 Å². The van der Waals surface area contributed by atoms with E-state index in [4.69, 9.17) is 14.2 Å². The molecule has 0 saturated heterocycles. The van der Waals surface area contributed by atoms with Gasteiger partial charge in [0.2, 0.25) is 0 Å². The van der Waals surface area contributed by atoms with Crippen LogP contribution in [0.15, 0.2) is 0 Å². The molecule has 0 unspecified atom stereocenters. The Labute approximate surface area is 147 Å². The van der Waals surface area contributed by atoms with Crippen LogP contribution in [-0.2, 0) is 23.8 Å². The molecule has 0 radical (unpaired) electrons. The summed E-state index contributed by atoms with van der Waals surface area (Å²) in [4.78, 5) is 24.2. The molecule has 5 heteroatoms. The molecule has 0 aliphatic heterocycles. The highest BCUT2D eigenvalue weighted by Gasteiger charge is 2.29. The molecule has 0 heterocycles. The maximum absolute atomic E-state index is 12.3. The van der Waals surface area contributed by atoms with E-state index in [0.717, 1.165) is 0 Å². The standard InChI is InChI=1S/C19H36O5/c1-12(2)11-22-15(6)17(13(3)4)23-18(21)14(5)10-16(20)24-19(7,8)9/h12-15,17H,10-11H2,1-9H3/t14-,15+,17+/m1/s1. The molecule has 0 aromatic heterocycles. The Morgan fingerprint density at radius 2 is 1.50 bits per heavy atom. The topological polar surface area (TPSA) is 61.8 Å². The van der Waals surface area contributed by atoms with Gasteiger partial charge in [-0.3, -0.25) is 9.59 Å². The van der Waals surface area contributed by atoms with Gasteiger partial charge in [-0.05, 0) is 39.5 Å². The van der Waals surface area contributed by atoms with Crippen LogP contribution in [-0.4, -0.2) is 36.4 Å². The van der Waals surface area contributed by atoms with Crippen molar-refractivity contribution in [1.82, 2.24) is 0 Å². The Balaban J connectivity index is 4.62. The van der Waals surface area contributed by atoms with Crippen LogP contribution >= 0.6 is 0 Å². The Hall–Kier alpha value is -1.10. The molecule has 0 aromatic rings. The molecular weight excluding hydrogens is 308 g/mol. The van der Waals surface area contributed by atoms with Crippen LogP contribution in [0.3, 0.4) is 0 Å². The molecule has 3 atom stereocenters. The minimum atomic E-state index is -0.555. The van der Waals surface area contributed by atoms with Gasteiger partial charge < -0.3 is 14.2 Å². The average molecular weight is 344 g/mol. The molecule has 5 nitrogen and oxygen atoms in total. The van der Waals surface area contributed by atoms with E-state index < -0.39 is 17.5 Å². The fraction of sp³-hybridized carbons (Fsp3) is 0.895. The van der Waals surface area contributed by atoms with Crippen LogP contribution in [0.25, 0.3) is 0 Å². The summed E-state index contributed by atoms with van der Waals surface area (Å²) < 4.78 is 16.7. The largest absolute Gasteiger partial charge is 0.460 e. The second-order valence-corrected chi connectivity index (χ2v) is 8.27. The molecule has 0 spiro atoms. The summed E-state index contributed by atoms with van der Waals surface area (Å²) in [5.74, 6) is -0.776. The van der Waals surface area contributed by atoms with Crippen molar-refractivity contribution in [2.24, 2.45) is 17.8 Å². The van der Waals surface area contributed by atoms with Crippen molar-refractivity contribution in [3.8, 4) is 0 Å². The third-order valence-corrected chi connectivity index (χ3v) is 3.36. The number of esters is 2. The molecule has 0 N–H and O–H groups in total. The Morgan fingerprint density at radius 3 is 1.92 bits per heavy atom. The fourth-order valence-electron chi connectivity index (χ4n) is 2.18. The molecule has 0 rings (SSSR count). The zero-order valence-corrected chi connectivity index (χ0v) is 16.8. The molecule has 0 bridgehead atoms. The van der Waals surface area contributed by atoms with Gasteiger partial charge in [0.25, 0.3) is 0 Å². The average Bonchev–Trinajstić information content (AvgIpc) is 2.38. The number of carbonyl (C=O) groups excluding carboxylic acids is 2. The summed E-state index contributed by atoms with van der Waals surface area (Å²) in [5.41, 5.74) is -0.555. The Morgan fingerprint density at radius 1 is 0.958 bits per heavy atom. The lowest BCUT2D eigenvalue weighted by atomic mass is 10.0. The highest BCUT2D eigenvalue weighted by atomic mass is 16.6. The van der Waals surface area contributed by atoms with E-state index >= 15 is 0 Å². The predicted octanol–water partition coefficient (Wildman–Crippen LogP) is 3.98. The fourth-order valence-corrected chi connectivity index (χ4v) is 2.18. The van der Waals surface area contributed by atoms with Crippen LogP contribution < -0.4 is 0 Å². The van der Waals surface area contributed by atoms with Gasteiger partial charge in [-0.25, -0.2) is 0 Å². The van der Waals surface area contributed by atoms with Crippen molar-refractivity contribution in [3.05, 3.63) is 0 Å². The predicted molar refractivity (Wildman–Crippen MR) is 94.6 cm³/mol. The summed E-state index contributed by atoms with van der Waals surface area (Å²) in [6.45, 7) is 17.8. The molecular formula is C19H36O5. The minimum Gasteiger partial charge on any atom is -0.460 e. The first-order valence-electron chi connectivity index (χ1n) is 8.87. The molecule has 0 saturated carbocycles. The number of hydrogen-bond donors (Lipinski definition) is 0. The zero-order valence-electron chi connectivity index (χ0n) is 16.8. The Kier molecular flexibility index (Phi) is 9.56. The van der Waals surface area contributed by atoms with Gasteiger partial charge in [-0.2, -0.15) is 0 Å². The molecule has 0 aliphatic carbocycles. The summed E-state index contributed by atoms with van der Waals surface area (Å²) in [5, 5.41) is 0. The number of hydrogen-bond acceptors (Lipinski definition) is 5. The molecule has 24 heavy (non-hydrogen) atoms. The lowest BCUT2D eigenvalue weighted by Crippen LogP contribution is -2.38. The van der Waals surface area contributed by atoms with Crippen molar-refractivity contribution < 1.29 is 23.8 Å². The molecule has 0 aliphatic rings. The third-order valence-electron chi connectivity index (χ3n) is 3.36. The quantitative estimate of drug-likeness (QED) is 0.592. The van der Waals surface area contributed by atoms with Crippen LogP contribution in [0.4, 0.5) is 0 Å². The lowest BCUT2D eigenvalue weighted by Gasteiger charge is -2.29. The first kappa shape index (κ1) is 22.9. The van der Waals surface area contributed by atoms with Gasteiger partial charge in [0.05, 0.1) is 18.4 Å². The summed E-state index contributed by atoms with van der Waals surface area (Å²) in [6, 6.07) is 0. The van der Waals surface area contributed by atoms with E-state index in [0.29, 0.717) is 12.5 Å². The third kappa shape index (κ3) is 9.91. The molecule has 0 aromatic carbocycles. The maximum atomic E-state index is 12.3. The summed E-state index contributed by atoms with van der Waals surface area (Å²) in [6.07, 6.45) is -0.510. The van der Waals surface area contributed by atoms with E-state index in [2.05, 4.69) is 13.8 Å². The van der Waals surface area contributed by atoms with E-state index in [1.54, 1.807) is 27.7 Å². The van der Waals surface area contributed by atoms with Crippen LogP contribution in [0.2, 0.25) is 0 Å². The second-order valence-electron chi connectivity index (χ2n) is 8.27. The first-order valence-corrected chi connectivity index (χ1v) is 8.87. The van der Waals surface area contributed by atoms with Crippen LogP contribution in [0, 0.1) is 17.8 Å². The highest BCUT2D eigenvalue weighted by molar-refractivity contribution is 5.79. The van der Waals surface area contributed by atoms with E-state index in [9.17, 15) is 9.59 Å². The van der Waals surface area contributed by atoms with Crippen molar-refractivity contribution in [2.45, 2.75) is 86.5 Å². The van der Waals surface area contributed by atoms with Gasteiger partial charge in [0, 0.05) is 6.61 Å². The van der Waals surface area contributed by atoms with Gasteiger partial charge in [0.1, 0.15) is 11.7 Å². The monoisotopic (exact) mass is 344 g/mol. The molecule has 0 fully saturated rings. The van der Waals surface area contributed by atoms with Crippen molar-refractivity contribution in [2.75, 3.05) is 6.61 Å². The van der Waals surface area contributed by atoms with Gasteiger partial charge in [-0.15, -0.1) is 0 Å². The van der Waals surface area contributed by atoms with E-state index in [-0.39, 0.29) is 30.5 Å². The molecule has 0 amide bonds. The SMILES string of the molecule is CC(C)CO[C@@H](C)[C@@H](OC(=O)[C@H](C)CC(=O)OC(C)(C)C)C(C)C. The normalized spacial score (nSPS) is 16.0. The summed E-state index contributed by atoms with van der Waals surface area (Å²) in [7, 11) is 0. The second kappa shape index (κ2) is 10.0. The number of carbonyl (C=O) groups is 2. The van der Waals surface area contributed by atoms with Crippen molar-refractivity contribution in [3.63, 3.8) is 0 Å². The van der Waals surface area contributed by atoms with Crippen molar-refractivity contribution >= 4 is 11.9 Å². The number of ether oxygens (including phenoxy) is 3. The maximum Gasteiger partial charge on any atom is 0.309 e. The minimum absolute atomic E-state index is 0.0160. The van der Waals surface area contributed by atoms with Gasteiger partial charge >= 0.3 is 11.9 Å². The lowest BCUT2D eigenvalue weighted by molar-refractivity contribution is -0.170. The van der Waals surface area contributed by atoms with E-state index in [1.807, 2.05) is 20.8 Å². The highest BCUT2D eigenvalue weighted by Crippen LogP contribution is 2.19. The smallest absolute Gasteiger partial charge is 0.309 e. The first-order chi connectivity index (χ1) is 10.8. The van der Waals surface area contributed by atoms with Crippen LogP contribution in [0.5, 0.6) is 0 Å². The van der Waals surface area contributed by atoms with Gasteiger partial charge in [0.15, 0.2) is 0 Å². The number of rotatable bonds is 9. The summed E-state index contributed by atoms with van der Waals surface area (Å²) >= 11 is 0. The molecule has 142 valence electrons.